The number of nitrogens with one attached hydrogen (secondary N) is 3. The number of hydrogen-bond donors (Lipinski definition) is 6. The minimum absolute atomic E-state index is 0.0613. The van der Waals surface area contributed by atoms with Crippen molar-refractivity contribution >= 4 is 11.9 Å². The number of aliphatic hydroxyl groups is 2. The van der Waals surface area contributed by atoms with Crippen LogP contribution >= 0.6 is 0 Å². The van der Waals surface area contributed by atoms with Gasteiger partial charge in [-0.15, -0.1) is 0 Å². The zero-order valence-corrected chi connectivity index (χ0v) is 32.5. The van der Waals surface area contributed by atoms with Crippen LogP contribution in [0.3, 0.4) is 0 Å². The van der Waals surface area contributed by atoms with Crippen LogP contribution in [0.15, 0.2) is 22.8 Å². The second-order valence-electron chi connectivity index (χ2n) is 17.3. The van der Waals surface area contributed by atoms with Crippen LogP contribution < -0.4 is 21.7 Å². The van der Waals surface area contributed by atoms with Gasteiger partial charge in [0, 0.05) is 19.0 Å². The van der Waals surface area contributed by atoms with Crippen molar-refractivity contribution in [1.29, 1.82) is 0 Å². The fraction of sp³-hybridized carbons (Fsp3) is 0.854. The van der Waals surface area contributed by atoms with Gasteiger partial charge in [0.1, 0.15) is 6.10 Å². The number of aliphatic hydroxyl groups excluding tert-OH is 2. The Balaban J connectivity index is 1.55. The van der Waals surface area contributed by atoms with Gasteiger partial charge in [-0.2, -0.15) is 0 Å². The highest BCUT2D eigenvalue weighted by Gasteiger charge is 2.70. The molecular formula is C41H72N4O5. The predicted molar refractivity (Wildman–Crippen MR) is 201 cm³/mol. The number of hydrogen-bond acceptors (Lipinski definition) is 8. The molecule has 9 nitrogen and oxygen atoms in total. The van der Waals surface area contributed by atoms with Gasteiger partial charge in [-0.1, -0.05) is 39.3 Å². The molecule has 0 heterocycles. The Morgan fingerprint density at radius 3 is 2.20 bits per heavy atom. The Morgan fingerprint density at radius 1 is 0.900 bits per heavy atom. The van der Waals surface area contributed by atoms with Crippen LogP contribution in [0, 0.1) is 39.9 Å². The second kappa shape index (κ2) is 17.8. The van der Waals surface area contributed by atoms with Crippen molar-refractivity contribution in [3.63, 3.8) is 0 Å². The summed E-state index contributed by atoms with van der Waals surface area (Å²) < 4.78 is 6.15. The van der Waals surface area contributed by atoms with Gasteiger partial charge in [-0.3, -0.25) is 9.59 Å². The standard InChI is InChI=1S/C41H72N4O5/c1-27(2)13-10-14-30(38(49)45-24-12-23-44-21-9-8-20-43-22-11-19-42)36-32-25-34(48)37-39(5)17-16-33(47)28(3)31(39)15-18-40(37,6)41(32,7)26-35(36)50-29(4)46/h13,28,31-35,37,43-44,47-48H,8-12,14-26,42H2,1-7H3,(H,45,49)/t28-,31?,32?,33+,34+,35-,37?,39-,40-,41-/m0/s1. The average molecular weight is 701 g/mol. The quantitative estimate of drug-likeness (QED) is 0.0513. The molecule has 9 heteroatoms. The van der Waals surface area contributed by atoms with Gasteiger partial charge < -0.3 is 36.6 Å². The van der Waals surface area contributed by atoms with Crippen molar-refractivity contribution in [3.8, 4) is 0 Å². The van der Waals surface area contributed by atoms with Crippen molar-refractivity contribution < 1.29 is 24.5 Å². The number of carbonyl (C=O) groups excluding carboxylic acids is 2. The lowest BCUT2D eigenvalue weighted by Gasteiger charge is -2.69. The van der Waals surface area contributed by atoms with Crippen LogP contribution in [0.25, 0.3) is 0 Å². The minimum Gasteiger partial charge on any atom is -0.458 e. The van der Waals surface area contributed by atoms with Gasteiger partial charge in [0.05, 0.1) is 12.2 Å². The third-order valence-corrected chi connectivity index (χ3v) is 13.9. The maximum absolute atomic E-state index is 14.2. The van der Waals surface area contributed by atoms with Crippen LogP contribution in [0.4, 0.5) is 0 Å². The monoisotopic (exact) mass is 701 g/mol. The first-order valence-corrected chi connectivity index (χ1v) is 20.0. The van der Waals surface area contributed by atoms with Crippen LogP contribution in [0.1, 0.15) is 126 Å². The third kappa shape index (κ3) is 8.70. The van der Waals surface area contributed by atoms with E-state index >= 15 is 0 Å². The van der Waals surface area contributed by atoms with Crippen molar-refractivity contribution in [2.24, 2.45) is 45.7 Å². The summed E-state index contributed by atoms with van der Waals surface area (Å²) >= 11 is 0. The minimum atomic E-state index is -0.533. The van der Waals surface area contributed by atoms with Gasteiger partial charge in [0.15, 0.2) is 0 Å². The van der Waals surface area contributed by atoms with Gasteiger partial charge in [-0.25, -0.2) is 0 Å². The summed E-state index contributed by atoms with van der Waals surface area (Å²) in [7, 11) is 0. The lowest BCUT2D eigenvalue weighted by atomic mass is 9.36. The summed E-state index contributed by atoms with van der Waals surface area (Å²) in [6.07, 6.45) is 11.1. The molecule has 7 N–H and O–H groups in total. The first-order valence-electron chi connectivity index (χ1n) is 20.0. The van der Waals surface area contributed by atoms with Crippen molar-refractivity contribution in [3.05, 3.63) is 22.8 Å². The molecule has 0 saturated heterocycles. The highest BCUT2D eigenvalue weighted by atomic mass is 16.5. The Kier molecular flexibility index (Phi) is 14.6. The fourth-order valence-corrected chi connectivity index (χ4v) is 11.3. The number of ether oxygens (including phenoxy) is 1. The molecule has 10 atom stereocenters. The van der Waals surface area contributed by atoms with Crippen LogP contribution in [-0.4, -0.2) is 79.7 Å². The molecule has 0 aromatic rings. The SMILES string of the molecule is CC(=O)O[C@H]1C[C@@]2(C)C(C[C@@H](O)C3[C@@]4(C)CC[C@@H](O)[C@@H](C)C4CC[C@@]32C)C1=C(CCC=C(C)C)C(=O)NCCCNCCCCNCCCN. The molecule has 0 radical (unpaired) electrons. The van der Waals surface area contributed by atoms with Gasteiger partial charge >= 0.3 is 5.97 Å². The van der Waals surface area contributed by atoms with Gasteiger partial charge in [0.2, 0.25) is 5.91 Å². The number of nitrogens with two attached hydrogens (primary N) is 1. The number of unbranched alkanes of at least 4 members (excludes halogenated alkanes) is 1. The number of amides is 1. The first-order chi connectivity index (χ1) is 23.7. The van der Waals surface area contributed by atoms with Gasteiger partial charge in [0.25, 0.3) is 0 Å². The molecule has 4 fully saturated rings. The largest absolute Gasteiger partial charge is 0.458 e. The molecule has 286 valence electrons. The maximum atomic E-state index is 14.2. The fourth-order valence-electron chi connectivity index (χ4n) is 11.3. The summed E-state index contributed by atoms with van der Waals surface area (Å²) in [6.45, 7) is 20.0. The summed E-state index contributed by atoms with van der Waals surface area (Å²) in [5.74, 6) is 0.185. The Bertz CT molecular complexity index is 1220. The number of allylic oxidation sites excluding steroid dienone is 2. The molecule has 4 aliphatic carbocycles. The summed E-state index contributed by atoms with van der Waals surface area (Å²) in [6, 6.07) is 0. The predicted octanol–water partition coefficient (Wildman–Crippen LogP) is 5.40. The van der Waals surface area contributed by atoms with Crippen molar-refractivity contribution in [2.75, 3.05) is 39.3 Å². The molecule has 3 unspecified atom stereocenters. The van der Waals surface area contributed by atoms with E-state index in [4.69, 9.17) is 10.5 Å². The van der Waals surface area contributed by atoms with E-state index in [2.05, 4.69) is 63.6 Å². The second-order valence-corrected chi connectivity index (χ2v) is 17.3. The Morgan fingerprint density at radius 2 is 1.56 bits per heavy atom. The lowest BCUT2D eigenvalue weighted by molar-refractivity contribution is -0.234. The molecule has 0 aromatic heterocycles. The maximum Gasteiger partial charge on any atom is 0.303 e. The van der Waals surface area contributed by atoms with Crippen molar-refractivity contribution in [1.82, 2.24) is 16.0 Å². The number of esters is 1. The number of fused-ring (bicyclic) bond motifs is 5. The smallest absolute Gasteiger partial charge is 0.303 e. The Labute approximate surface area is 303 Å². The molecule has 4 rings (SSSR count). The van der Waals surface area contributed by atoms with Crippen LogP contribution in [0.5, 0.6) is 0 Å². The molecule has 4 aliphatic rings. The lowest BCUT2D eigenvalue weighted by Crippen LogP contribution is -2.65. The molecule has 0 bridgehead atoms. The first kappa shape index (κ1) is 41.0. The van der Waals surface area contributed by atoms with Crippen molar-refractivity contribution in [2.45, 2.75) is 144 Å². The zero-order chi connectivity index (χ0) is 36.7. The van der Waals surface area contributed by atoms with Crippen LogP contribution in [0.2, 0.25) is 0 Å². The molecule has 1 amide bonds. The highest BCUT2D eigenvalue weighted by molar-refractivity contribution is 5.94. The van der Waals surface area contributed by atoms with E-state index in [1.807, 2.05) is 0 Å². The molecule has 0 aliphatic heterocycles. The summed E-state index contributed by atoms with van der Waals surface area (Å²) in [5, 5.41) is 33.2. The Hall–Kier alpha value is -1.78. The van der Waals surface area contributed by atoms with E-state index in [0.717, 1.165) is 102 Å². The number of carbonyl (C=O) groups is 2. The number of rotatable bonds is 17. The molecule has 0 aromatic carbocycles. The van der Waals surface area contributed by atoms with E-state index < -0.39 is 12.2 Å². The zero-order valence-electron chi connectivity index (χ0n) is 32.5. The van der Waals surface area contributed by atoms with Gasteiger partial charge in [-0.05, 0) is 169 Å². The molecular weight excluding hydrogens is 628 g/mol. The van der Waals surface area contributed by atoms with E-state index in [1.165, 1.54) is 12.5 Å². The van der Waals surface area contributed by atoms with E-state index in [0.29, 0.717) is 31.7 Å². The topological polar surface area (TPSA) is 146 Å². The van der Waals surface area contributed by atoms with Crippen LogP contribution in [-0.2, 0) is 14.3 Å². The summed E-state index contributed by atoms with van der Waals surface area (Å²) in [5.41, 5.74) is 7.89. The van der Waals surface area contributed by atoms with E-state index in [-0.39, 0.29) is 52.0 Å². The molecule has 0 spiro atoms. The molecule has 50 heavy (non-hydrogen) atoms. The van der Waals surface area contributed by atoms with E-state index in [1.54, 1.807) is 0 Å². The molecule has 4 saturated carbocycles. The third-order valence-electron chi connectivity index (χ3n) is 13.9. The highest BCUT2D eigenvalue weighted by Crippen LogP contribution is 2.74. The van der Waals surface area contributed by atoms with E-state index in [9.17, 15) is 19.8 Å². The average Bonchev–Trinajstić information content (AvgIpc) is 3.32. The normalized spacial score (nSPS) is 37.3. The summed E-state index contributed by atoms with van der Waals surface area (Å²) in [4.78, 5) is 26.8.